The Morgan fingerprint density at radius 3 is 1.29 bits per heavy atom. The number of hydrogen-bond acceptors (Lipinski definition) is 16. The molecule has 0 aromatic heterocycles. The molecule has 2 aliphatic rings. The second-order valence-corrected chi connectivity index (χ2v) is 11.5. The van der Waals surface area contributed by atoms with Crippen molar-refractivity contribution in [2.24, 2.45) is 10.2 Å². The molecule has 0 aliphatic heterocycles. The number of rotatable bonds is 8. The zero-order valence-corrected chi connectivity index (χ0v) is 29.6. The quantitative estimate of drug-likeness (QED) is 0.0432. The first-order valence-electron chi connectivity index (χ1n) is 15.4. The molecule has 6 N–H and O–H groups in total. The van der Waals surface area contributed by atoms with E-state index in [0.29, 0.717) is 22.3 Å². The number of allylic oxidation sites excluding steroid dienone is 2. The Morgan fingerprint density at radius 2 is 0.964 bits per heavy atom. The van der Waals surface area contributed by atoms with Crippen molar-refractivity contribution in [2.45, 2.75) is 13.8 Å². The third-order valence-corrected chi connectivity index (χ3v) is 7.86. The molecule has 4 aromatic carbocycles. The summed E-state index contributed by atoms with van der Waals surface area (Å²) in [6.07, 6.45) is 5.36. The molecule has 6 rings (SSSR count). The summed E-state index contributed by atoms with van der Waals surface area (Å²) < 4.78 is 0. The molecule has 0 atom stereocenters. The Labute approximate surface area is 321 Å². The normalized spacial score (nSPS) is 13.9. The van der Waals surface area contributed by atoms with E-state index < -0.39 is 33.0 Å². The van der Waals surface area contributed by atoms with Crippen LogP contribution in [-0.4, -0.2) is 64.8 Å². The van der Waals surface area contributed by atoms with Crippen molar-refractivity contribution < 1.29 is 68.2 Å². The molecule has 18 nitrogen and oxygen atoms in total. The summed E-state index contributed by atoms with van der Waals surface area (Å²) in [6, 6.07) is 12.4. The first kappa shape index (κ1) is 40.3. The molecule has 0 amide bonds. The van der Waals surface area contributed by atoms with E-state index >= 15 is 0 Å². The van der Waals surface area contributed by atoms with Gasteiger partial charge in [0.2, 0.25) is 11.6 Å². The number of carbonyl (C=O) groups is 4. The van der Waals surface area contributed by atoms with Crippen molar-refractivity contribution in [1.82, 2.24) is 0 Å². The van der Waals surface area contributed by atoms with Crippen molar-refractivity contribution in [1.29, 1.82) is 0 Å². The predicted octanol–water partition coefficient (Wildman–Crippen LogP) is 5.35. The number of ketones is 4. The van der Waals surface area contributed by atoms with Gasteiger partial charge in [-0.1, -0.05) is 12.2 Å². The van der Waals surface area contributed by atoms with Gasteiger partial charge in [-0.3, -0.25) is 50.3 Å². The monoisotopic (exact) mass is 787 g/mol. The van der Waals surface area contributed by atoms with E-state index in [1.54, 1.807) is 0 Å². The molecule has 4 aromatic rings. The molecule has 2 aliphatic carbocycles. The average Bonchev–Trinajstić information content (AvgIpc) is 3.11. The third-order valence-electron chi connectivity index (χ3n) is 7.86. The maximum atomic E-state index is 12.2. The van der Waals surface area contributed by atoms with Gasteiger partial charge >= 0.3 is 1.43 Å². The summed E-state index contributed by atoms with van der Waals surface area (Å²) in [4.78, 5) is 68.1. The summed E-state index contributed by atoms with van der Waals surface area (Å²) >= 11 is 0. The number of phenols is 4. The molecule has 0 saturated carbocycles. The number of nitro groups is 2. The minimum Gasteiger partial charge on any atom is -0.507 e. The second-order valence-electron chi connectivity index (χ2n) is 11.5. The van der Waals surface area contributed by atoms with Gasteiger partial charge in [-0.05, 0) is 61.4 Å². The number of hydrogen-bond donors (Lipinski definition) is 6. The van der Waals surface area contributed by atoms with E-state index in [2.05, 4.69) is 21.1 Å². The molecule has 0 heterocycles. The molecule has 0 spiro atoms. The molecule has 0 fully saturated rings. The van der Waals surface area contributed by atoms with E-state index in [4.69, 9.17) is 0 Å². The first-order valence-corrected chi connectivity index (χ1v) is 15.4. The SMILES string of the molecule is CC(=O)c1cc(N/N=C2\C(=O)C=Cc3cc([N+](=O)[O-])ccc32)c(O)cc1O.CC(=O)c1cc(N/N=C2\C(=O)C=Cc3cc([N+](=O)[O-])ccc32)c(O)cc1O.[Cr].[H+]. The van der Waals surface area contributed by atoms with Gasteiger partial charge < -0.3 is 20.4 Å². The van der Waals surface area contributed by atoms with Crippen LogP contribution in [0.5, 0.6) is 23.0 Å². The summed E-state index contributed by atoms with van der Waals surface area (Å²) in [5.74, 6) is -3.22. The number of nitrogens with zero attached hydrogens (tertiary/aromatic N) is 4. The van der Waals surface area contributed by atoms with Gasteiger partial charge in [-0.2, -0.15) is 10.2 Å². The van der Waals surface area contributed by atoms with Crippen LogP contribution in [0.3, 0.4) is 0 Å². The number of anilines is 2. The van der Waals surface area contributed by atoms with Gasteiger partial charge in [0, 0.05) is 64.9 Å². The average molecular weight is 788 g/mol. The van der Waals surface area contributed by atoms with Gasteiger partial charge in [-0.25, -0.2) is 0 Å². The molecule has 0 radical (unpaired) electrons. The largest absolute Gasteiger partial charge is 1.00 e. The van der Waals surface area contributed by atoms with E-state index in [1.807, 2.05) is 0 Å². The van der Waals surface area contributed by atoms with Crippen LogP contribution in [-0.2, 0) is 27.0 Å². The number of nitro benzene ring substituents is 2. The van der Waals surface area contributed by atoms with Crippen LogP contribution in [0.1, 0.15) is 58.2 Å². The fourth-order valence-corrected chi connectivity index (χ4v) is 5.15. The molecule has 55 heavy (non-hydrogen) atoms. The topological polar surface area (TPSA) is 284 Å². The third kappa shape index (κ3) is 8.77. The van der Waals surface area contributed by atoms with Gasteiger partial charge in [-0.15, -0.1) is 0 Å². The summed E-state index contributed by atoms with van der Waals surface area (Å²) in [5.41, 5.74) is 6.35. The predicted molar refractivity (Wildman–Crippen MR) is 195 cm³/mol. The summed E-state index contributed by atoms with van der Waals surface area (Å²) in [7, 11) is 0. The summed E-state index contributed by atoms with van der Waals surface area (Å²) in [6.45, 7) is 2.50. The fraction of sp³-hybridized carbons (Fsp3) is 0.0556. The minimum absolute atomic E-state index is 0. The molecule has 278 valence electrons. The fourth-order valence-electron chi connectivity index (χ4n) is 5.15. The van der Waals surface area contributed by atoms with Crippen molar-refractivity contribution in [2.75, 3.05) is 10.9 Å². The van der Waals surface area contributed by atoms with Crippen LogP contribution in [0.2, 0.25) is 0 Å². The van der Waals surface area contributed by atoms with Crippen LogP contribution >= 0.6 is 0 Å². The molecule has 0 saturated heterocycles. The number of fused-ring (bicyclic) bond motifs is 2. The standard InChI is InChI=1S/2C18H13N3O6.Cr/c2*1-9(22)13-7-14(17(25)8-16(13)24)19-20-18-12-4-3-11(21(26)27)6-10(12)2-5-15(18)23;/h2*2-8,19,24-25H,1H3;/p+1/b2*20-18-;. The van der Waals surface area contributed by atoms with Crippen LogP contribution in [0, 0.1) is 20.2 Å². The van der Waals surface area contributed by atoms with Crippen molar-refractivity contribution in [3.05, 3.63) is 126 Å². The number of benzene rings is 4. The zero-order chi connectivity index (χ0) is 39.4. The van der Waals surface area contributed by atoms with Gasteiger partial charge in [0.1, 0.15) is 34.4 Å². The maximum Gasteiger partial charge on any atom is 1.00 e. The number of non-ortho nitro benzene ring substituents is 2. The summed E-state index contributed by atoms with van der Waals surface area (Å²) in [5, 5.41) is 68.9. The zero-order valence-electron chi connectivity index (χ0n) is 29.3. The van der Waals surface area contributed by atoms with E-state index in [0.717, 1.165) is 12.1 Å². The Bertz CT molecular complexity index is 2290. The Balaban J connectivity index is 0.000000290. The van der Waals surface area contributed by atoms with Crippen molar-refractivity contribution >= 4 is 69.5 Å². The first-order chi connectivity index (χ1) is 25.5. The van der Waals surface area contributed by atoms with Crippen molar-refractivity contribution in [3.8, 4) is 23.0 Å². The Morgan fingerprint density at radius 1 is 0.600 bits per heavy atom. The van der Waals surface area contributed by atoms with Crippen LogP contribution in [0.4, 0.5) is 22.7 Å². The number of phenolic OH excluding ortho intramolecular Hbond substituents is 4. The number of hydrazone groups is 2. The second kappa shape index (κ2) is 16.5. The van der Waals surface area contributed by atoms with E-state index in [9.17, 15) is 59.8 Å². The van der Waals surface area contributed by atoms with Crippen LogP contribution in [0.15, 0.2) is 83.0 Å². The van der Waals surface area contributed by atoms with Crippen LogP contribution < -0.4 is 10.9 Å². The van der Waals surface area contributed by atoms with Gasteiger partial charge in [0.15, 0.2) is 11.6 Å². The Kier molecular flexibility index (Phi) is 12.1. The molecular formula is C36H27CrN6O12+. The van der Waals surface area contributed by atoms with Gasteiger partial charge in [0.05, 0.1) is 32.3 Å². The maximum absolute atomic E-state index is 12.2. The molecular weight excluding hydrogens is 760 g/mol. The molecule has 0 bridgehead atoms. The molecule has 19 heteroatoms. The van der Waals surface area contributed by atoms with E-state index in [1.165, 1.54) is 86.7 Å². The number of nitrogens with one attached hydrogen (secondary N) is 2. The number of carbonyl (C=O) groups excluding carboxylic acids is 4. The smallest absolute Gasteiger partial charge is 0.507 e. The van der Waals surface area contributed by atoms with Crippen molar-refractivity contribution in [3.63, 3.8) is 0 Å². The Hall–Kier alpha value is -7.49. The molecule has 0 unspecified atom stereocenters. The number of Topliss-reactive ketones (excluding diaryl/α,β-unsaturated/α-hetero) is 2. The number of aromatic hydroxyl groups is 4. The van der Waals surface area contributed by atoms with E-state index in [-0.39, 0.29) is 87.1 Å². The van der Waals surface area contributed by atoms with Crippen LogP contribution in [0.25, 0.3) is 12.2 Å². The van der Waals surface area contributed by atoms with Gasteiger partial charge in [0.25, 0.3) is 11.4 Å². The minimum atomic E-state index is -0.544.